The maximum absolute atomic E-state index is 9.00. The highest BCUT2D eigenvalue weighted by Crippen LogP contribution is 2.16. The summed E-state index contributed by atoms with van der Waals surface area (Å²) in [7, 11) is 1.92. The average molecular weight is 318 g/mol. The lowest BCUT2D eigenvalue weighted by molar-refractivity contribution is 0.685. The first kappa shape index (κ1) is 13.9. The van der Waals surface area contributed by atoms with E-state index in [1.807, 2.05) is 42.8 Å². The second-order valence-electron chi connectivity index (χ2n) is 4.51. The molecule has 3 nitrogen and oxygen atoms in total. The molecule has 1 aromatic carbocycles. The standard InChI is InChI=1S/C15H16BrN3/c1-11-13(7-14(8-17)19(11)2)10-18-9-12-5-3-4-6-15(12)16/h3-7,18H,9-10H2,1-2H3. The number of nitrogens with one attached hydrogen (secondary N) is 1. The van der Waals surface area contributed by atoms with Crippen LogP contribution in [0, 0.1) is 18.3 Å². The van der Waals surface area contributed by atoms with Gasteiger partial charge in [-0.25, -0.2) is 0 Å². The third-order valence-electron chi connectivity index (χ3n) is 3.34. The van der Waals surface area contributed by atoms with Crippen LogP contribution < -0.4 is 5.32 Å². The summed E-state index contributed by atoms with van der Waals surface area (Å²) in [5.74, 6) is 0. The second kappa shape index (κ2) is 6.05. The normalized spacial score (nSPS) is 10.4. The van der Waals surface area contributed by atoms with Crippen LogP contribution in [0.1, 0.15) is 22.5 Å². The van der Waals surface area contributed by atoms with Crippen LogP contribution in [0.3, 0.4) is 0 Å². The van der Waals surface area contributed by atoms with E-state index in [1.165, 1.54) is 11.1 Å². The molecule has 0 saturated heterocycles. The van der Waals surface area contributed by atoms with Gasteiger partial charge in [0.1, 0.15) is 11.8 Å². The molecule has 0 unspecified atom stereocenters. The van der Waals surface area contributed by atoms with Crippen molar-refractivity contribution in [2.75, 3.05) is 0 Å². The van der Waals surface area contributed by atoms with Gasteiger partial charge in [0.25, 0.3) is 0 Å². The van der Waals surface area contributed by atoms with Gasteiger partial charge in [0.15, 0.2) is 0 Å². The molecule has 19 heavy (non-hydrogen) atoms. The zero-order valence-electron chi connectivity index (χ0n) is 11.1. The van der Waals surface area contributed by atoms with Gasteiger partial charge in [-0.15, -0.1) is 0 Å². The Morgan fingerprint density at radius 3 is 2.58 bits per heavy atom. The first-order valence-electron chi connectivity index (χ1n) is 6.13. The highest BCUT2D eigenvalue weighted by molar-refractivity contribution is 9.10. The SMILES string of the molecule is Cc1c(CNCc2ccccc2Br)cc(C#N)n1C. The topological polar surface area (TPSA) is 40.8 Å². The van der Waals surface area contributed by atoms with Crippen molar-refractivity contribution in [3.8, 4) is 6.07 Å². The van der Waals surface area contributed by atoms with Gasteiger partial charge >= 0.3 is 0 Å². The van der Waals surface area contributed by atoms with Crippen LogP contribution in [-0.2, 0) is 20.1 Å². The molecule has 0 amide bonds. The van der Waals surface area contributed by atoms with Gasteiger partial charge in [-0.2, -0.15) is 5.26 Å². The molecule has 0 fully saturated rings. The highest BCUT2D eigenvalue weighted by atomic mass is 79.9. The van der Waals surface area contributed by atoms with Gasteiger partial charge in [0, 0.05) is 30.3 Å². The summed E-state index contributed by atoms with van der Waals surface area (Å²) < 4.78 is 3.04. The quantitative estimate of drug-likeness (QED) is 0.940. The zero-order valence-corrected chi connectivity index (χ0v) is 12.7. The number of aromatic nitrogens is 1. The predicted molar refractivity (Wildman–Crippen MR) is 79.6 cm³/mol. The first-order valence-corrected chi connectivity index (χ1v) is 6.92. The summed E-state index contributed by atoms with van der Waals surface area (Å²) >= 11 is 3.54. The number of halogens is 1. The van der Waals surface area contributed by atoms with Gasteiger partial charge in [-0.3, -0.25) is 0 Å². The number of benzene rings is 1. The molecule has 0 aliphatic heterocycles. The lowest BCUT2D eigenvalue weighted by Gasteiger charge is -2.07. The average Bonchev–Trinajstić information content (AvgIpc) is 2.69. The predicted octanol–water partition coefficient (Wildman–Crippen LogP) is 3.26. The number of hydrogen-bond donors (Lipinski definition) is 1. The molecule has 98 valence electrons. The number of nitriles is 1. The molecule has 4 heteroatoms. The van der Waals surface area contributed by atoms with Crippen molar-refractivity contribution in [2.45, 2.75) is 20.0 Å². The van der Waals surface area contributed by atoms with Crippen LogP contribution in [-0.4, -0.2) is 4.57 Å². The highest BCUT2D eigenvalue weighted by Gasteiger charge is 2.08. The molecule has 0 saturated carbocycles. The van der Waals surface area contributed by atoms with E-state index in [-0.39, 0.29) is 0 Å². The Kier molecular flexibility index (Phi) is 4.41. The Bertz CT molecular complexity index is 623. The fourth-order valence-corrected chi connectivity index (χ4v) is 2.45. The summed E-state index contributed by atoms with van der Waals surface area (Å²) in [5, 5.41) is 12.4. The van der Waals surface area contributed by atoms with E-state index in [1.54, 1.807) is 0 Å². The molecule has 1 N–H and O–H groups in total. The van der Waals surface area contributed by atoms with Crippen molar-refractivity contribution in [1.82, 2.24) is 9.88 Å². The second-order valence-corrected chi connectivity index (χ2v) is 5.36. The van der Waals surface area contributed by atoms with Crippen LogP contribution in [0.5, 0.6) is 0 Å². The molecule has 1 aromatic heterocycles. The Morgan fingerprint density at radius 2 is 1.95 bits per heavy atom. The summed E-state index contributed by atoms with van der Waals surface area (Å²) in [6.45, 7) is 3.61. The smallest absolute Gasteiger partial charge is 0.120 e. The largest absolute Gasteiger partial charge is 0.340 e. The van der Waals surface area contributed by atoms with Crippen LogP contribution in [0.2, 0.25) is 0 Å². The molecule has 0 radical (unpaired) electrons. The Balaban J connectivity index is 2.01. The van der Waals surface area contributed by atoms with Crippen LogP contribution in [0.4, 0.5) is 0 Å². The molecular weight excluding hydrogens is 302 g/mol. The molecule has 0 spiro atoms. The van der Waals surface area contributed by atoms with Crippen molar-refractivity contribution in [2.24, 2.45) is 7.05 Å². The van der Waals surface area contributed by atoms with Crippen LogP contribution >= 0.6 is 15.9 Å². The maximum Gasteiger partial charge on any atom is 0.120 e. The van der Waals surface area contributed by atoms with Gasteiger partial charge in [-0.05, 0) is 30.2 Å². The number of hydrogen-bond acceptors (Lipinski definition) is 2. The Morgan fingerprint density at radius 1 is 1.26 bits per heavy atom. The fourth-order valence-electron chi connectivity index (χ4n) is 2.02. The molecule has 0 aliphatic carbocycles. The fraction of sp³-hybridized carbons (Fsp3) is 0.267. The van der Waals surface area contributed by atoms with E-state index in [4.69, 9.17) is 5.26 Å². The van der Waals surface area contributed by atoms with Crippen LogP contribution in [0.15, 0.2) is 34.8 Å². The van der Waals surface area contributed by atoms with Gasteiger partial charge in [0.05, 0.1) is 0 Å². The van der Waals surface area contributed by atoms with Crippen LogP contribution in [0.25, 0.3) is 0 Å². The van der Waals surface area contributed by atoms with Crippen molar-refractivity contribution >= 4 is 15.9 Å². The molecule has 0 aliphatic rings. The third-order valence-corrected chi connectivity index (χ3v) is 4.12. The van der Waals surface area contributed by atoms with E-state index in [0.29, 0.717) is 5.69 Å². The van der Waals surface area contributed by atoms with Crippen molar-refractivity contribution in [3.05, 3.63) is 57.3 Å². The molecule has 2 rings (SSSR count). The summed E-state index contributed by atoms with van der Waals surface area (Å²) in [6, 6.07) is 12.3. The van der Waals surface area contributed by atoms with E-state index >= 15 is 0 Å². The Labute approximate surface area is 122 Å². The molecular formula is C15H16BrN3. The Hall–Kier alpha value is -1.57. The van der Waals surface area contributed by atoms with Gasteiger partial charge < -0.3 is 9.88 Å². The molecule has 2 aromatic rings. The molecule has 1 heterocycles. The van der Waals surface area contributed by atoms with Crippen molar-refractivity contribution < 1.29 is 0 Å². The maximum atomic E-state index is 9.00. The minimum atomic E-state index is 0.704. The molecule has 0 bridgehead atoms. The number of nitrogens with zero attached hydrogens (tertiary/aromatic N) is 2. The number of rotatable bonds is 4. The zero-order chi connectivity index (χ0) is 13.8. The summed E-state index contributed by atoms with van der Waals surface area (Å²) in [5.41, 5.74) is 4.24. The van der Waals surface area contributed by atoms with Gasteiger partial charge in [-0.1, -0.05) is 34.1 Å². The van der Waals surface area contributed by atoms with E-state index < -0.39 is 0 Å². The minimum absolute atomic E-state index is 0.704. The van der Waals surface area contributed by atoms with Gasteiger partial charge in [0.2, 0.25) is 0 Å². The minimum Gasteiger partial charge on any atom is -0.340 e. The lowest BCUT2D eigenvalue weighted by Crippen LogP contribution is -2.13. The lowest BCUT2D eigenvalue weighted by atomic mass is 10.2. The summed E-state index contributed by atoms with van der Waals surface area (Å²) in [6.07, 6.45) is 0. The van der Waals surface area contributed by atoms with E-state index in [9.17, 15) is 0 Å². The van der Waals surface area contributed by atoms with Crippen molar-refractivity contribution in [1.29, 1.82) is 5.26 Å². The third kappa shape index (κ3) is 3.06. The van der Waals surface area contributed by atoms with E-state index in [2.05, 4.69) is 33.4 Å². The van der Waals surface area contributed by atoms with Crippen molar-refractivity contribution in [3.63, 3.8) is 0 Å². The summed E-state index contributed by atoms with van der Waals surface area (Å²) in [4.78, 5) is 0. The molecule has 0 atom stereocenters. The monoisotopic (exact) mass is 317 g/mol. The first-order chi connectivity index (χ1) is 9.13. The van der Waals surface area contributed by atoms with E-state index in [0.717, 1.165) is 23.3 Å².